The first-order valence-corrected chi connectivity index (χ1v) is 6.03. The molecule has 1 heterocycles. The fourth-order valence-electron chi connectivity index (χ4n) is 2.28. The third kappa shape index (κ3) is 2.81. The van der Waals surface area contributed by atoms with Crippen LogP contribution in [0.25, 0.3) is 0 Å². The van der Waals surface area contributed by atoms with Gasteiger partial charge in [-0.2, -0.15) is 0 Å². The number of aliphatic carboxylic acids is 1. The van der Waals surface area contributed by atoms with Crippen LogP contribution >= 0.6 is 0 Å². The summed E-state index contributed by atoms with van der Waals surface area (Å²) in [6.45, 7) is 1.72. The molecule has 0 saturated heterocycles. The summed E-state index contributed by atoms with van der Waals surface area (Å²) in [7, 11) is 0. The smallest absolute Gasteiger partial charge is 0.305 e. The number of hydrogen-bond acceptors (Lipinski definition) is 5. The highest BCUT2D eigenvalue weighted by atomic mass is 16.6. The summed E-state index contributed by atoms with van der Waals surface area (Å²) in [5, 5.41) is 22.7. The van der Waals surface area contributed by atoms with Crippen molar-refractivity contribution in [3.63, 3.8) is 0 Å². The predicted molar refractivity (Wildman–Crippen MR) is 68.1 cm³/mol. The molecule has 0 bridgehead atoms. The number of anilines is 1. The van der Waals surface area contributed by atoms with Crippen LogP contribution in [0, 0.1) is 17.0 Å². The predicted octanol–water partition coefficient (Wildman–Crippen LogP) is 2.11. The van der Waals surface area contributed by atoms with Crippen LogP contribution in [-0.4, -0.2) is 26.5 Å². The van der Waals surface area contributed by atoms with Crippen molar-refractivity contribution in [3.8, 4) is 0 Å². The summed E-state index contributed by atoms with van der Waals surface area (Å²) in [4.78, 5) is 25.0. The number of carbonyl (C=O) groups is 1. The van der Waals surface area contributed by atoms with Gasteiger partial charge >= 0.3 is 5.97 Å². The van der Waals surface area contributed by atoms with E-state index in [-0.39, 0.29) is 12.1 Å². The van der Waals surface area contributed by atoms with Crippen molar-refractivity contribution in [2.24, 2.45) is 0 Å². The van der Waals surface area contributed by atoms with Gasteiger partial charge in [-0.05, 0) is 31.7 Å². The summed E-state index contributed by atoms with van der Waals surface area (Å²) in [6, 6.07) is 1.43. The van der Waals surface area contributed by atoms with Crippen molar-refractivity contribution in [2.45, 2.75) is 38.1 Å². The Morgan fingerprint density at radius 1 is 1.63 bits per heavy atom. The number of hydrogen-bond donors (Lipinski definition) is 2. The topological polar surface area (TPSA) is 105 Å². The van der Waals surface area contributed by atoms with Crippen LogP contribution < -0.4 is 5.32 Å². The third-order valence-corrected chi connectivity index (χ3v) is 3.46. The number of carboxylic acid groups (broad SMARTS) is 1. The number of nitro groups is 1. The normalized spacial score (nSPS) is 16.5. The Labute approximate surface area is 109 Å². The monoisotopic (exact) mass is 265 g/mol. The Balaban J connectivity index is 2.18. The standard InChI is InChI=1S/C12H15N3O4/c1-8-5-9(15(18)19)7-13-11(8)14-12(3-2-4-12)6-10(16)17/h5,7H,2-4,6H2,1H3,(H,13,14)(H,16,17). The molecule has 1 aliphatic rings. The molecule has 1 fully saturated rings. The van der Waals surface area contributed by atoms with E-state index in [2.05, 4.69) is 10.3 Å². The number of pyridine rings is 1. The second kappa shape index (κ2) is 4.83. The van der Waals surface area contributed by atoms with E-state index in [0.717, 1.165) is 19.3 Å². The molecule has 0 aliphatic heterocycles. The van der Waals surface area contributed by atoms with Gasteiger partial charge in [-0.3, -0.25) is 14.9 Å². The Morgan fingerprint density at radius 3 is 2.74 bits per heavy atom. The second-order valence-corrected chi connectivity index (χ2v) is 4.95. The van der Waals surface area contributed by atoms with Crippen LogP contribution in [0.2, 0.25) is 0 Å². The van der Waals surface area contributed by atoms with E-state index in [4.69, 9.17) is 5.11 Å². The summed E-state index contributed by atoms with van der Waals surface area (Å²) in [5.74, 6) is -0.335. The maximum absolute atomic E-state index is 10.9. The number of aromatic nitrogens is 1. The maximum Gasteiger partial charge on any atom is 0.305 e. The van der Waals surface area contributed by atoms with Gasteiger partial charge < -0.3 is 10.4 Å². The molecular weight excluding hydrogens is 250 g/mol. The first kappa shape index (κ1) is 13.3. The average molecular weight is 265 g/mol. The molecule has 1 aliphatic carbocycles. The molecule has 0 aromatic carbocycles. The van der Waals surface area contributed by atoms with Gasteiger partial charge in [0.1, 0.15) is 12.0 Å². The summed E-state index contributed by atoms with van der Waals surface area (Å²) >= 11 is 0. The summed E-state index contributed by atoms with van der Waals surface area (Å²) < 4.78 is 0. The van der Waals surface area contributed by atoms with Crippen molar-refractivity contribution in [2.75, 3.05) is 5.32 Å². The largest absolute Gasteiger partial charge is 0.481 e. The molecule has 19 heavy (non-hydrogen) atoms. The number of nitrogens with zero attached hydrogens (tertiary/aromatic N) is 2. The highest BCUT2D eigenvalue weighted by molar-refractivity contribution is 5.70. The zero-order valence-electron chi connectivity index (χ0n) is 10.5. The maximum atomic E-state index is 10.9. The fraction of sp³-hybridized carbons (Fsp3) is 0.500. The molecule has 102 valence electrons. The van der Waals surface area contributed by atoms with Gasteiger partial charge in [0, 0.05) is 11.6 Å². The summed E-state index contributed by atoms with van der Waals surface area (Å²) in [6.07, 6.45) is 3.74. The second-order valence-electron chi connectivity index (χ2n) is 4.95. The van der Waals surface area contributed by atoms with Crippen molar-refractivity contribution >= 4 is 17.5 Å². The van der Waals surface area contributed by atoms with Crippen LogP contribution in [-0.2, 0) is 4.79 Å². The third-order valence-electron chi connectivity index (χ3n) is 3.46. The molecule has 7 nitrogen and oxygen atoms in total. The van der Waals surface area contributed by atoms with Crippen LogP contribution in [0.1, 0.15) is 31.2 Å². The Kier molecular flexibility index (Phi) is 3.37. The molecule has 0 atom stereocenters. The average Bonchev–Trinajstić information content (AvgIpc) is 2.27. The lowest BCUT2D eigenvalue weighted by molar-refractivity contribution is -0.385. The minimum Gasteiger partial charge on any atom is -0.481 e. The van der Waals surface area contributed by atoms with Crippen molar-refractivity contribution in [1.29, 1.82) is 0 Å². The lowest BCUT2D eigenvalue weighted by Crippen LogP contribution is -2.47. The van der Waals surface area contributed by atoms with Crippen LogP contribution in [0.4, 0.5) is 11.5 Å². The van der Waals surface area contributed by atoms with Crippen molar-refractivity contribution in [3.05, 3.63) is 27.9 Å². The number of aryl methyl sites for hydroxylation is 1. The van der Waals surface area contributed by atoms with Crippen LogP contribution in [0.5, 0.6) is 0 Å². The van der Waals surface area contributed by atoms with E-state index in [1.54, 1.807) is 6.92 Å². The molecule has 0 spiro atoms. The Bertz CT molecular complexity index is 526. The molecule has 0 radical (unpaired) electrons. The van der Waals surface area contributed by atoms with Gasteiger partial charge in [-0.15, -0.1) is 0 Å². The SMILES string of the molecule is Cc1cc([N+](=O)[O-])cnc1NC1(CC(=O)O)CCC1. The zero-order chi connectivity index (χ0) is 14.0. The molecule has 0 amide bonds. The van der Waals surface area contributed by atoms with E-state index < -0.39 is 16.4 Å². The van der Waals surface area contributed by atoms with Gasteiger partial charge in [0.05, 0.1) is 11.3 Å². The molecule has 2 rings (SSSR count). The van der Waals surface area contributed by atoms with Gasteiger partial charge in [-0.1, -0.05) is 0 Å². The summed E-state index contributed by atoms with van der Waals surface area (Å²) in [5.41, 5.74) is 0.120. The Hall–Kier alpha value is -2.18. The van der Waals surface area contributed by atoms with Crippen molar-refractivity contribution in [1.82, 2.24) is 4.98 Å². The molecule has 1 aromatic heterocycles. The van der Waals surface area contributed by atoms with Crippen LogP contribution in [0.3, 0.4) is 0 Å². The van der Waals surface area contributed by atoms with Crippen LogP contribution in [0.15, 0.2) is 12.3 Å². The number of nitrogens with one attached hydrogen (secondary N) is 1. The first-order valence-electron chi connectivity index (χ1n) is 6.03. The van der Waals surface area contributed by atoms with E-state index in [9.17, 15) is 14.9 Å². The zero-order valence-corrected chi connectivity index (χ0v) is 10.5. The molecule has 7 heteroatoms. The fourth-order valence-corrected chi connectivity index (χ4v) is 2.28. The highest BCUT2D eigenvalue weighted by Crippen LogP contribution is 2.38. The van der Waals surface area contributed by atoms with E-state index in [0.29, 0.717) is 11.4 Å². The van der Waals surface area contributed by atoms with E-state index in [1.807, 2.05) is 0 Å². The minimum absolute atomic E-state index is 0.0328. The van der Waals surface area contributed by atoms with Gasteiger partial charge in [0.15, 0.2) is 0 Å². The quantitative estimate of drug-likeness (QED) is 0.624. The lowest BCUT2D eigenvalue weighted by Gasteiger charge is -2.42. The van der Waals surface area contributed by atoms with Gasteiger partial charge in [0.2, 0.25) is 0 Å². The van der Waals surface area contributed by atoms with E-state index >= 15 is 0 Å². The molecule has 2 N–H and O–H groups in total. The van der Waals surface area contributed by atoms with Gasteiger partial charge in [0.25, 0.3) is 5.69 Å². The lowest BCUT2D eigenvalue weighted by atomic mass is 9.74. The van der Waals surface area contributed by atoms with Gasteiger partial charge in [-0.25, -0.2) is 4.98 Å². The first-order chi connectivity index (χ1) is 8.92. The molecule has 1 aromatic rings. The molecule has 1 saturated carbocycles. The minimum atomic E-state index is -0.855. The Morgan fingerprint density at radius 2 is 2.32 bits per heavy atom. The van der Waals surface area contributed by atoms with E-state index in [1.165, 1.54) is 12.3 Å². The van der Waals surface area contributed by atoms with Crippen molar-refractivity contribution < 1.29 is 14.8 Å². The number of carboxylic acids is 1. The molecular formula is C12H15N3O4. The molecule has 0 unspecified atom stereocenters. The highest BCUT2D eigenvalue weighted by Gasteiger charge is 2.39. The number of rotatable bonds is 5.